The van der Waals surface area contributed by atoms with Crippen LogP contribution in [0.3, 0.4) is 0 Å². The summed E-state index contributed by atoms with van der Waals surface area (Å²) in [6.45, 7) is 0. The lowest BCUT2D eigenvalue weighted by molar-refractivity contribution is 0.668. The summed E-state index contributed by atoms with van der Waals surface area (Å²) < 4.78 is 11.2. The fraction of sp³-hybridized carbons (Fsp3) is 0. The molecule has 0 spiro atoms. The summed E-state index contributed by atoms with van der Waals surface area (Å²) in [5, 5.41) is 10.3. The fourth-order valence-corrected chi connectivity index (χ4v) is 8.50. The molecule has 0 saturated heterocycles. The molecular formula is C48H28N4O. The molecule has 0 unspecified atom stereocenters. The van der Waals surface area contributed by atoms with Crippen molar-refractivity contribution in [1.82, 2.24) is 19.1 Å². The number of aromatic nitrogens is 4. The largest absolute Gasteiger partial charge is 0.456 e. The van der Waals surface area contributed by atoms with Crippen molar-refractivity contribution in [2.75, 3.05) is 0 Å². The van der Waals surface area contributed by atoms with Crippen molar-refractivity contribution in [1.29, 1.82) is 0 Å². The zero-order valence-corrected chi connectivity index (χ0v) is 28.4. The highest BCUT2D eigenvalue weighted by molar-refractivity contribution is 6.20. The highest BCUT2D eigenvalue weighted by atomic mass is 16.3. The van der Waals surface area contributed by atoms with Crippen LogP contribution in [0, 0.1) is 0 Å². The predicted molar refractivity (Wildman–Crippen MR) is 218 cm³/mol. The van der Waals surface area contributed by atoms with Gasteiger partial charge in [-0.15, -0.1) is 0 Å². The first-order chi connectivity index (χ1) is 26.3. The molecule has 0 aliphatic rings. The SMILES string of the molecule is c1ccc(-c2nc(-n3c4ccccc4c4cc5ccccc5cc43)c3c(n2)c2ccc4ccccc4c2n3-c2ccc3c(c2)oc2ccccc23)cc1. The first-order valence-electron chi connectivity index (χ1n) is 17.9. The molecule has 4 heterocycles. The lowest BCUT2D eigenvalue weighted by Crippen LogP contribution is -2.05. The third-order valence-corrected chi connectivity index (χ3v) is 10.9. The van der Waals surface area contributed by atoms with E-state index in [9.17, 15) is 0 Å². The average Bonchev–Trinajstić information content (AvgIpc) is 3.87. The molecule has 0 amide bonds. The van der Waals surface area contributed by atoms with Crippen LogP contribution in [-0.2, 0) is 0 Å². The molecule has 8 aromatic carbocycles. The van der Waals surface area contributed by atoms with Gasteiger partial charge in [0.1, 0.15) is 22.2 Å². The third kappa shape index (κ3) is 4.02. The lowest BCUT2D eigenvalue weighted by Gasteiger charge is -2.15. The first-order valence-corrected chi connectivity index (χ1v) is 17.9. The lowest BCUT2D eigenvalue weighted by atomic mass is 10.1. The van der Waals surface area contributed by atoms with E-state index in [0.29, 0.717) is 5.82 Å². The quantitative estimate of drug-likeness (QED) is 0.187. The molecule has 0 bridgehead atoms. The van der Waals surface area contributed by atoms with Crippen LogP contribution in [-0.4, -0.2) is 19.1 Å². The number of hydrogen-bond donors (Lipinski definition) is 0. The van der Waals surface area contributed by atoms with Crippen molar-refractivity contribution < 1.29 is 4.42 Å². The second-order valence-electron chi connectivity index (χ2n) is 13.8. The Labute approximate surface area is 302 Å². The van der Waals surface area contributed by atoms with E-state index in [2.05, 4.69) is 161 Å². The zero-order valence-electron chi connectivity index (χ0n) is 28.4. The maximum absolute atomic E-state index is 6.49. The Kier molecular flexibility index (Phi) is 5.71. The van der Waals surface area contributed by atoms with E-state index in [0.717, 1.165) is 82.7 Å². The van der Waals surface area contributed by atoms with Gasteiger partial charge in [0.25, 0.3) is 0 Å². The van der Waals surface area contributed by atoms with Crippen LogP contribution in [0.2, 0.25) is 0 Å². The van der Waals surface area contributed by atoms with Crippen LogP contribution in [0.5, 0.6) is 0 Å². The normalized spacial score (nSPS) is 12.2. The third-order valence-electron chi connectivity index (χ3n) is 10.9. The van der Waals surface area contributed by atoms with Crippen molar-refractivity contribution in [3.05, 3.63) is 170 Å². The summed E-state index contributed by atoms with van der Waals surface area (Å²) in [6.07, 6.45) is 0. The molecule has 0 saturated carbocycles. The Hall–Kier alpha value is -7.24. The van der Waals surface area contributed by atoms with E-state index in [-0.39, 0.29) is 0 Å². The maximum atomic E-state index is 6.49. The van der Waals surface area contributed by atoms with Gasteiger partial charge in [0, 0.05) is 43.9 Å². The number of benzene rings is 8. The van der Waals surface area contributed by atoms with Crippen molar-refractivity contribution in [3.63, 3.8) is 0 Å². The highest BCUT2D eigenvalue weighted by Crippen LogP contribution is 2.43. The molecule has 53 heavy (non-hydrogen) atoms. The average molecular weight is 677 g/mol. The van der Waals surface area contributed by atoms with E-state index in [1.54, 1.807) is 0 Å². The molecule has 0 N–H and O–H groups in total. The molecule has 4 aromatic heterocycles. The summed E-state index contributed by atoms with van der Waals surface area (Å²) in [5.74, 6) is 1.50. The van der Waals surface area contributed by atoms with Gasteiger partial charge in [0.2, 0.25) is 0 Å². The summed E-state index contributed by atoms with van der Waals surface area (Å²) in [7, 11) is 0. The van der Waals surface area contributed by atoms with Gasteiger partial charge in [-0.25, -0.2) is 9.97 Å². The molecule has 0 atom stereocenters. The van der Waals surface area contributed by atoms with Gasteiger partial charge in [-0.1, -0.05) is 121 Å². The summed E-state index contributed by atoms with van der Waals surface area (Å²) in [6, 6.07) is 60.0. The standard InChI is InChI=1S/C48H28N4O/c1-2-13-30(14-3-1)47-49-44-38-24-22-29-12-6-7-17-34(29)45(38)51(33-23-25-37-36-19-9-11-21-42(36)53-43(37)28-33)46(44)48(50-47)52-40-20-10-8-18-35(40)39-26-31-15-4-5-16-32(31)27-41(39)52/h1-28H. The topological polar surface area (TPSA) is 48.8 Å². The molecule has 0 aliphatic heterocycles. The summed E-state index contributed by atoms with van der Waals surface area (Å²) in [4.78, 5) is 11.0. The van der Waals surface area contributed by atoms with Crippen LogP contribution in [0.4, 0.5) is 0 Å². The van der Waals surface area contributed by atoms with Crippen LogP contribution in [0.1, 0.15) is 0 Å². The Bertz CT molecular complexity index is 3460. The molecule has 12 rings (SSSR count). The molecule has 0 radical (unpaired) electrons. The number of rotatable bonds is 3. The Morgan fingerprint density at radius 1 is 0.396 bits per heavy atom. The Balaban J connectivity index is 1.31. The minimum atomic E-state index is 0.680. The van der Waals surface area contributed by atoms with E-state index in [1.165, 1.54) is 21.5 Å². The van der Waals surface area contributed by atoms with Gasteiger partial charge in [0.05, 0.1) is 22.2 Å². The first kappa shape index (κ1) is 28.5. The van der Waals surface area contributed by atoms with Gasteiger partial charge in [-0.3, -0.25) is 4.57 Å². The number of nitrogens with zero attached hydrogens (tertiary/aromatic N) is 4. The monoisotopic (exact) mass is 676 g/mol. The van der Waals surface area contributed by atoms with Crippen LogP contribution in [0.25, 0.3) is 110 Å². The molecule has 246 valence electrons. The van der Waals surface area contributed by atoms with Gasteiger partial charge in [-0.05, 0) is 58.6 Å². The van der Waals surface area contributed by atoms with Crippen LogP contribution < -0.4 is 0 Å². The number of fused-ring (bicyclic) bond motifs is 12. The smallest absolute Gasteiger partial charge is 0.166 e. The molecular weight excluding hydrogens is 649 g/mol. The van der Waals surface area contributed by atoms with E-state index < -0.39 is 0 Å². The molecule has 5 nitrogen and oxygen atoms in total. The molecule has 0 aliphatic carbocycles. The second-order valence-corrected chi connectivity index (χ2v) is 13.8. The fourth-order valence-electron chi connectivity index (χ4n) is 8.50. The second kappa shape index (κ2) is 10.6. The van der Waals surface area contributed by atoms with Crippen LogP contribution in [0.15, 0.2) is 174 Å². The Morgan fingerprint density at radius 3 is 1.94 bits per heavy atom. The van der Waals surface area contributed by atoms with Crippen molar-refractivity contribution in [2.24, 2.45) is 0 Å². The number of para-hydroxylation sites is 2. The van der Waals surface area contributed by atoms with Gasteiger partial charge < -0.3 is 8.98 Å². The summed E-state index contributed by atoms with van der Waals surface area (Å²) in [5.41, 5.74) is 8.76. The van der Waals surface area contributed by atoms with Gasteiger partial charge >= 0.3 is 0 Å². The van der Waals surface area contributed by atoms with Crippen LogP contribution >= 0.6 is 0 Å². The number of hydrogen-bond acceptors (Lipinski definition) is 3. The minimum absolute atomic E-state index is 0.680. The molecule has 0 fully saturated rings. The summed E-state index contributed by atoms with van der Waals surface area (Å²) >= 11 is 0. The molecule has 5 heteroatoms. The van der Waals surface area contributed by atoms with Gasteiger partial charge in [-0.2, -0.15) is 0 Å². The Morgan fingerprint density at radius 2 is 1.08 bits per heavy atom. The zero-order chi connectivity index (χ0) is 34.6. The van der Waals surface area contributed by atoms with E-state index >= 15 is 0 Å². The number of furan rings is 1. The predicted octanol–water partition coefficient (Wildman–Crippen LogP) is 12.5. The highest BCUT2D eigenvalue weighted by Gasteiger charge is 2.25. The van der Waals surface area contributed by atoms with E-state index in [1.807, 2.05) is 18.2 Å². The van der Waals surface area contributed by atoms with Crippen molar-refractivity contribution in [3.8, 4) is 22.9 Å². The van der Waals surface area contributed by atoms with Gasteiger partial charge in [0.15, 0.2) is 11.6 Å². The molecule has 12 aromatic rings. The van der Waals surface area contributed by atoms with Crippen molar-refractivity contribution in [2.45, 2.75) is 0 Å². The minimum Gasteiger partial charge on any atom is -0.456 e. The van der Waals surface area contributed by atoms with Crippen molar-refractivity contribution >= 4 is 87.2 Å². The maximum Gasteiger partial charge on any atom is 0.166 e. The van der Waals surface area contributed by atoms with E-state index in [4.69, 9.17) is 14.4 Å².